The van der Waals surface area contributed by atoms with Crippen molar-refractivity contribution in [3.63, 3.8) is 0 Å². The van der Waals surface area contributed by atoms with Crippen LogP contribution >= 0.6 is 0 Å². The summed E-state index contributed by atoms with van der Waals surface area (Å²) in [5.41, 5.74) is 5.17. The molecule has 0 aliphatic heterocycles. The van der Waals surface area contributed by atoms with E-state index in [0.717, 1.165) is 16.2 Å². The van der Waals surface area contributed by atoms with Crippen LogP contribution in [0.1, 0.15) is 0 Å². The van der Waals surface area contributed by atoms with Crippen LogP contribution in [0.4, 0.5) is 0 Å². The molecule has 0 saturated carbocycles. The predicted molar refractivity (Wildman–Crippen MR) is 128 cm³/mol. The van der Waals surface area contributed by atoms with Crippen molar-refractivity contribution >= 4 is 66.6 Å². The van der Waals surface area contributed by atoms with Gasteiger partial charge in [0.25, 0.3) is 0 Å². The first-order valence-corrected chi connectivity index (χ1v) is 10.5. The van der Waals surface area contributed by atoms with Gasteiger partial charge in [0.2, 0.25) is 17.1 Å². The standard InChI is InChI=1S/C27H15N3O3/c1-4-16-10-13-23-28-25(16)19(7-1)31-22-14-11-17-5-2-8-20(26(17)29-22)33-24-15-12-18-6-3-9-21(32-23)27(18)30-24/h1-15H. The fraction of sp³-hybridized carbons (Fsp3) is 0. The first-order chi connectivity index (χ1) is 16.3. The van der Waals surface area contributed by atoms with Crippen LogP contribution in [0.25, 0.3) is 66.6 Å². The van der Waals surface area contributed by atoms with E-state index in [2.05, 4.69) is 0 Å². The summed E-state index contributed by atoms with van der Waals surface area (Å²) in [6.45, 7) is 0. The van der Waals surface area contributed by atoms with Gasteiger partial charge in [-0.05, 0) is 36.4 Å². The van der Waals surface area contributed by atoms with E-state index in [9.17, 15) is 0 Å². The highest BCUT2D eigenvalue weighted by Gasteiger charge is 2.06. The lowest BCUT2D eigenvalue weighted by molar-refractivity contribution is 0.637. The van der Waals surface area contributed by atoms with E-state index < -0.39 is 0 Å². The highest BCUT2D eigenvalue weighted by atomic mass is 16.3. The molecule has 156 valence electrons. The van der Waals surface area contributed by atoms with Crippen LogP contribution in [0.3, 0.4) is 0 Å². The van der Waals surface area contributed by atoms with E-state index in [4.69, 9.17) is 28.2 Å². The SMILES string of the molecule is c1cc2ccc3nc2c(c1)oc1ccc2cccc(oc4ccc5cccc(o3)c5n4)c2n1. The van der Waals surface area contributed by atoms with Crippen molar-refractivity contribution in [3.05, 3.63) is 91.0 Å². The zero-order valence-corrected chi connectivity index (χ0v) is 17.2. The van der Waals surface area contributed by atoms with E-state index >= 15 is 0 Å². The second-order valence-corrected chi connectivity index (χ2v) is 7.74. The molecular formula is C27H15N3O3. The van der Waals surface area contributed by atoms with Gasteiger partial charge in [-0.2, -0.15) is 0 Å². The number of hydrogen-bond donors (Lipinski definition) is 0. The second kappa shape index (κ2) is 6.90. The van der Waals surface area contributed by atoms with Gasteiger partial charge < -0.3 is 13.3 Å². The average molecular weight is 429 g/mol. The van der Waals surface area contributed by atoms with Gasteiger partial charge in [0.05, 0.1) is 0 Å². The van der Waals surface area contributed by atoms with Crippen LogP contribution in [-0.4, -0.2) is 15.0 Å². The Bertz CT molecular complexity index is 1720. The van der Waals surface area contributed by atoms with Crippen molar-refractivity contribution in [1.29, 1.82) is 0 Å². The molecule has 0 saturated heterocycles. The fourth-order valence-electron chi connectivity index (χ4n) is 4.06. The number of rotatable bonds is 0. The van der Waals surface area contributed by atoms with E-state index in [-0.39, 0.29) is 0 Å². The lowest BCUT2D eigenvalue weighted by atomic mass is 10.2. The Morgan fingerprint density at radius 2 is 0.697 bits per heavy atom. The summed E-state index contributed by atoms with van der Waals surface area (Å²) in [5.74, 6) is 0. The second-order valence-electron chi connectivity index (χ2n) is 7.74. The maximum atomic E-state index is 6.19. The molecule has 0 fully saturated rings. The molecular weight excluding hydrogens is 414 g/mol. The number of para-hydroxylation sites is 3. The highest BCUT2D eigenvalue weighted by Crippen LogP contribution is 2.25. The zero-order valence-electron chi connectivity index (χ0n) is 17.2. The van der Waals surface area contributed by atoms with Crippen molar-refractivity contribution in [2.24, 2.45) is 0 Å². The number of nitrogens with zero attached hydrogens (tertiary/aromatic N) is 3. The Kier molecular flexibility index (Phi) is 3.75. The number of aromatic nitrogens is 3. The third kappa shape index (κ3) is 3.00. The first kappa shape index (κ1) is 17.9. The Hall–Kier alpha value is -4.71. The molecule has 6 bridgehead atoms. The monoisotopic (exact) mass is 429 g/mol. The number of benzene rings is 3. The van der Waals surface area contributed by atoms with Crippen molar-refractivity contribution in [2.45, 2.75) is 0 Å². The van der Waals surface area contributed by atoms with Gasteiger partial charge in [-0.25, -0.2) is 15.0 Å². The summed E-state index contributed by atoms with van der Waals surface area (Å²) in [6.07, 6.45) is 0. The van der Waals surface area contributed by atoms with Gasteiger partial charge >= 0.3 is 0 Å². The summed E-state index contributed by atoms with van der Waals surface area (Å²) in [5, 5.41) is 2.81. The first-order valence-electron chi connectivity index (χ1n) is 10.5. The molecule has 33 heavy (non-hydrogen) atoms. The Balaban J connectivity index is 1.77. The maximum Gasteiger partial charge on any atom is 0.220 e. The van der Waals surface area contributed by atoms with Crippen LogP contribution in [0.5, 0.6) is 0 Å². The largest absolute Gasteiger partial charge is 0.437 e. The average Bonchev–Trinajstić information content (AvgIpc) is 2.85. The molecule has 3 aromatic carbocycles. The van der Waals surface area contributed by atoms with Crippen molar-refractivity contribution in [2.75, 3.05) is 0 Å². The summed E-state index contributed by atoms with van der Waals surface area (Å²) in [6, 6.07) is 28.8. The molecule has 0 unspecified atom stereocenters. The quantitative estimate of drug-likeness (QED) is 0.252. The number of pyridine rings is 3. The predicted octanol–water partition coefficient (Wildman–Crippen LogP) is 7.26. The van der Waals surface area contributed by atoms with Crippen molar-refractivity contribution in [1.82, 2.24) is 15.0 Å². The molecule has 0 radical (unpaired) electrons. The normalized spacial score (nSPS) is 11.6. The lowest BCUT2D eigenvalue weighted by Crippen LogP contribution is -1.82. The van der Waals surface area contributed by atoms with Gasteiger partial charge in [0.1, 0.15) is 16.6 Å². The van der Waals surface area contributed by atoms with Crippen LogP contribution in [0.15, 0.2) is 104 Å². The minimum Gasteiger partial charge on any atom is -0.437 e. The molecule has 6 heteroatoms. The van der Waals surface area contributed by atoms with Gasteiger partial charge in [0.15, 0.2) is 16.7 Å². The topological polar surface area (TPSA) is 78.1 Å². The van der Waals surface area contributed by atoms with Crippen LogP contribution in [-0.2, 0) is 0 Å². The van der Waals surface area contributed by atoms with Gasteiger partial charge in [0, 0.05) is 34.4 Å². The minimum atomic E-state index is 0.445. The van der Waals surface area contributed by atoms with E-state index in [1.54, 1.807) is 0 Å². The summed E-state index contributed by atoms with van der Waals surface area (Å²) in [4.78, 5) is 14.2. The maximum absolute atomic E-state index is 6.19. The molecule has 0 aliphatic carbocycles. The van der Waals surface area contributed by atoms with Gasteiger partial charge in [-0.15, -0.1) is 0 Å². The summed E-state index contributed by atoms with van der Waals surface area (Å²) in [7, 11) is 0. The van der Waals surface area contributed by atoms with E-state index in [1.165, 1.54) is 0 Å². The molecule has 4 heterocycles. The Labute approximate surface area is 186 Å². The molecule has 0 aliphatic rings. The van der Waals surface area contributed by atoms with Crippen LogP contribution in [0.2, 0.25) is 0 Å². The Morgan fingerprint density at radius 3 is 1.03 bits per heavy atom. The molecule has 7 rings (SSSR count). The Morgan fingerprint density at radius 1 is 0.364 bits per heavy atom. The van der Waals surface area contributed by atoms with E-state index in [0.29, 0.717) is 50.4 Å². The smallest absolute Gasteiger partial charge is 0.220 e. The third-order valence-electron chi connectivity index (χ3n) is 5.62. The molecule has 0 spiro atoms. The van der Waals surface area contributed by atoms with Crippen molar-refractivity contribution in [3.8, 4) is 0 Å². The van der Waals surface area contributed by atoms with Gasteiger partial charge in [-0.3, -0.25) is 0 Å². The van der Waals surface area contributed by atoms with Crippen LogP contribution in [0, 0.1) is 0 Å². The molecule has 7 aromatic rings. The fourth-order valence-corrected chi connectivity index (χ4v) is 4.06. The van der Waals surface area contributed by atoms with Crippen molar-refractivity contribution < 1.29 is 13.3 Å². The number of fused-ring (bicyclic) bond motifs is 3. The summed E-state index contributed by atoms with van der Waals surface area (Å²) < 4.78 is 18.6. The molecule has 0 N–H and O–H groups in total. The lowest BCUT2D eigenvalue weighted by Gasteiger charge is -2.00. The highest BCUT2D eigenvalue weighted by molar-refractivity contribution is 5.95. The zero-order chi connectivity index (χ0) is 21.8. The molecule has 6 nitrogen and oxygen atoms in total. The van der Waals surface area contributed by atoms with E-state index in [1.807, 2.05) is 91.0 Å². The molecule has 0 atom stereocenters. The molecule has 4 aromatic heterocycles. The number of hydrogen-bond acceptors (Lipinski definition) is 6. The molecule has 0 amide bonds. The third-order valence-corrected chi connectivity index (χ3v) is 5.62. The van der Waals surface area contributed by atoms with Crippen LogP contribution < -0.4 is 0 Å². The summed E-state index contributed by atoms with van der Waals surface area (Å²) >= 11 is 0. The minimum absolute atomic E-state index is 0.445. The van der Waals surface area contributed by atoms with Gasteiger partial charge in [-0.1, -0.05) is 36.4 Å².